The number of benzene rings is 2. The maximum Gasteiger partial charge on any atom is 0.253 e. The topological polar surface area (TPSA) is 62.5 Å². The van der Waals surface area contributed by atoms with E-state index in [-0.39, 0.29) is 5.91 Å². The van der Waals surface area contributed by atoms with Crippen molar-refractivity contribution in [3.05, 3.63) is 76.4 Å². The number of nitrogens with one attached hydrogen (secondary N) is 1. The monoisotopic (exact) mass is 465 g/mol. The Morgan fingerprint density at radius 3 is 2.66 bits per heavy atom. The van der Waals surface area contributed by atoms with Crippen molar-refractivity contribution < 1.29 is 4.79 Å². The Hall–Kier alpha value is -3.03. The molecule has 2 aromatic carbocycles. The summed E-state index contributed by atoms with van der Waals surface area (Å²) in [4.78, 5) is 19.0. The first-order valence-electron chi connectivity index (χ1n) is 10.3. The van der Waals surface area contributed by atoms with Crippen LogP contribution in [0.15, 0.2) is 60.8 Å². The summed E-state index contributed by atoms with van der Waals surface area (Å²) in [5.74, 6) is 0.793. The maximum atomic E-state index is 12.6. The zero-order valence-electron chi connectivity index (χ0n) is 17.8. The zero-order valence-corrected chi connectivity index (χ0v) is 19.4. The molecule has 9 heteroatoms. The molecule has 0 saturated carbocycles. The van der Waals surface area contributed by atoms with Crippen molar-refractivity contribution in [3.63, 3.8) is 0 Å². The van der Waals surface area contributed by atoms with E-state index < -0.39 is 0 Å². The van der Waals surface area contributed by atoms with Crippen molar-refractivity contribution in [2.45, 2.75) is 6.42 Å². The molecule has 0 aliphatic rings. The first-order valence-corrected chi connectivity index (χ1v) is 11.0. The SMILES string of the molecule is Bc1cnn2c(NCCCN(C)C(=O)c3ccc(Cl)cc3)cc(-c3ccccc3Cl)nc12. The first kappa shape index (κ1) is 22.2. The smallest absolute Gasteiger partial charge is 0.253 e. The molecular weight excluding hydrogens is 444 g/mol. The van der Waals surface area contributed by atoms with Gasteiger partial charge in [0.15, 0.2) is 5.65 Å². The summed E-state index contributed by atoms with van der Waals surface area (Å²) in [5.41, 5.74) is 4.03. The van der Waals surface area contributed by atoms with Crippen LogP contribution in [-0.2, 0) is 0 Å². The number of halogens is 2. The fourth-order valence-corrected chi connectivity index (χ4v) is 3.81. The fourth-order valence-electron chi connectivity index (χ4n) is 3.45. The van der Waals surface area contributed by atoms with E-state index in [1.807, 2.05) is 38.2 Å². The number of carbonyl (C=O) groups excluding carboxylic acids is 1. The third-order valence-electron chi connectivity index (χ3n) is 5.21. The number of nitrogens with zero attached hydrogens (tertiary/aromatic N) is 4. The van der Waals surface area contributed by atoms with Crippen molar-refractivity contribution in [2.75, 3.05) is 25.5 Å². The molecule has 162 valence electrons. The van der Waals surface area contributed by atoms with Gasteiger partial charge >= 0.3 is 0 Å². The summed E-state index contributed by atoms with van der Waals surface area (Å²) in [6.45, 7) is 1.27. The van der Waals surface area contributed by atoms with Crippen LogP contribution in [-0.4, -0.2) is 53.4 Å². The van der Waals surface area contributed by atoms with Crippen LogP contribution < -0.4 is 10.8 Å². The Kier molecular flexibility index (Phi) is 6.67. The number of carbonyl (C=O) groups is 1. The first-order chi connectivity index (χ1) is 15.4. The quantitative estimate of drug-likeness (QED) is 0.335. The second-order valence-electron chi connectivity index (χ2n) is 7.58. The van der Waals surface area contributed by atoms with Crippen LogP contribution in [0, 0.1) is 0 Å². The zero-order chi connectivity index (χ0) is 22.7. The molecule has 0 atom stereocenters. The summed E-state index contributed by atoms with van der Waals surface area (Å²) >= 11 is 12.3. The van der Waals surface area contributed by atoms with E-state index in [9.17, 15) is 4.79 Å². The summed E-state index contributed by atoms with van der Waals surface area (Å²) in [6.07, 6.45) is 2.56. The number of hydrogen-bond acceptors (Lipinski definition) is 4. The molecule has 0 bridgehead atoms. The average molecular weight is 466 g/mol. The predicted octanol–water partition coefficient (Wildman–Crippen LogP) is 3.54. The van der Waals surface area contributed by atoms with E-state index in [1.165, 1.54) is 0 Å². The highest BCUT2D eigenvalue weighted by atomic mass is 35.5. The molecule has 0 fully saturated rings. The lowest BCUT2D eigenvalue weighted by atomic mass is 10.0. The number of hydrogen-bond donors (Lipinski definition) is 1. The minimum Gasteiger partial charge on any atom is -0.370 e. The molecule has 0 saturated heterocycles. The lowest BCUT2D eigenvalue weighted by Gasteiger charge is -2.18. The summed E-state index contributed by atoms with van der Waals surface area (Å²) in [5, 5.41) is 9.14. The van der Waals surface area contributed by atoms with Crippen LogP contribution in [0.4, 0.5) is 5.82 Å². The van der Waals surface area contributed by atoms with Crippen molar-refractivity contribution >= 4 is 53.9 Å². The van der Waals surface area contributed by atoms with Crippen LogP contribution in [0.1, 0.15) is 16.8 Å². The highest BCUT2D eigenvalue weighted by Crippen LogP contribution is 2.28. The van der Waals surface area contributed by atoms with Gasteiger partial charge < -0.3 is 10.2 Å². The van der Waals surface area contributed by atoms with E-state index in [2.05, 4.69) is 10.4 Å². The largest absolute Gasteiger partial charge is 0.370 e. The van der Waals surface area contributed by atoms with Crippen molar-refractivity contribution in [1.82, 2.24) is 19.5 Å². The Balaban J connectivity index is 1.45. The fraction of sp³-hybridized carbons (Fsp3) is 0.174. The minimum atomic E-state index is -0.0309. The molecule has 0 spiro atoms. The molecule has 6 nitrogen and oxygen atoms in total. The molecule has 2 aromatic heterocycles. The lowest BCUT2D eigenvalue weighted by molar-refractivity contribution is 0.0794. The summed E-state index contributed by atoms with van der Waals surface area (Å²) in [6, 6.07) is 16.5. The molecule has 2 heterocycles. The van der Waals surface area contributed by atoms with Gasteiger partial charge in [0.1, 0.15) is 13.7 Å². The maximum absolute atomic E-state index is 12.6. The van der Waals surface area contributed by atoms with Crippen LogP contribution >= 0.6 is 23.2 Å². The van der Waals surface area contributed by atoms with Crippen LogP contribution in [0.3, 0.4) is 0 Å². The molecule has 1 amide bonds. The van der Waals surface area contributed by atoms with E-state index in [0.717, 1.165) is 34.6 Å². The van der Waals surface area contributed by atoms with Gasteiger partial charge in [-0.15, -0.1) is 0 Å². The standard InChI is InChI=1S/C23H22BCl2N5O/c1-30(23(32)15-7-9-16(25)10-8-15)12-4-11-27-21-13-20(17-5-2-3-6-19(17)26)29-22-18(24)14-28-31(21)22/h2-3,5-10,13-14,27H,4,11-12,24H2,1H3. The lowest BCUT2D eigenvalue weighted by Crippen LogP contribution is -2.28. The van der Waals surface area contributed by atoms with Gasteiger partial charge in [0, 0.05) is 53.6 Å². The number of fused-ring (bicyclic) bond motifs is 1. The number of anilines is 1. The highest BCUT2D eigenvalue weighted by molar-refractivity contribution is 6.36. The number of aromatic nitrogens is 3. The second-order valence-corrected chi connectivity index (χ2v) is 8.43. The Morgan fingerprint density at radius 2 is 1.91 bits per heavy atom. The molecule has 0 aliphatic heterocycles. The third kappa shape index (κ3) is 4.74. The van der Waals surface area contributed by atoms with Crippen LogP contribution in [0.2, 0.25) is 10.0 Å². The number of rotatable bonds is 7. The average Bonchev–Trinajstić information content (AvgIpc) is 3.17. The molecule has 1 N–H and O–H groups in total. The van der Waals surface area contributed by atoms with Gasteiger partial charge in [0.25, 0.3) is 5.91 Å². The Labute approximate surface area is 197 Å². The van der Waals surface area contributed by atoms with E-state index >= 15 is 0 Å². The minimum absolute atomic E-state index is 0.0309. The van der Waals surface area contributed by atoms with Crippen LogP contribution in [0.25, 0.3) is 16.9 Å². The van der Waals surface area contributed by atoms with Gasteiger partial charge in [0.05, 0.1) is 5.69 Å². The van der Waals surface area contributed by atoms with Crippen molar-refractivity contribution in [2.24, 2.45) is 0 Å². The Morgan fingerprint density at radius 1 is 1.16 bits per heavy atom. The molecule has 4 aromatic rings. The third-order valence-corrected chi connectivity index (χ3v) is 5.79. The summed E-state index contributed by atoms with van der Waals surface area (Å²) in [7, 11) is 3.78. The molecule has 4 rings (SSSR count). The second kappa shape index (κ2) is 9.63. The Bertz CT molecular complexity index is 1260. The van der Waals surface area contributed by atoms with Gasteiger partial charge in [-0.1, -0.05) is 41.4 Å². The molecule has 0 radical (unpaired) electrons. The molecule has 32 heavy (non-hydrogen) atoms. The summed E-state index contributed by atoms with van der Waals surface area (Å²) < 4.78 is 1.79. The van der Waals surface area contributed by atoms with E-state index in [0.29, 0.717) is 28.7 Å². The van der Waals surface area contributed by atoms with Gasteiger partial charge in [-0.05, 0) is 42.2 Å². The highest BCUT2D eigenvalue weighted by Gasteiger charge is 2.13. The predicted molar refractivity (Wildman–Crippen MR) is 133 cm³/mol. The van der Waals surface area contributed by atoms with Gasteiger partial charge in [0.2, 0.25) is 0 Å². The normalized spacial score (nSPS) is 11.0. The molecule has 0 unspecified atom stereocenters. The molecule has 0 aliphatic carbocycles. The van der Waals surface area contributed by atoms with Crippen molar-refractivity contribution in [3.8, 4) is 11.3 Å². The molecular formula is C23H22BCl2N5O. The van der Waals surface area contributed by atoms with E-state index in [4.69, 9.17) is 28.2 Å². The van der Waals surface area contributed by atoms with Crippen molar-refractivity contribution in [1.29, 1.82) is 0 Å². The van der Waals surface area contributed by atoms with Gasteiger partial charge in [-0.2, -0.15) is 9.61 Å². The van der Waals surface area contributed by atoms with Gasteiger partial charge in [-0.25, -0.2) is 4.98 Å². The van der Waals surface area contributed by atoms with Crippen LogP contribution in [0.5, 0.6) is 0 Å². The number of amides is 1. The van der Waals surface area contributed by atoms with E-state index in [1.54, 1.807) is 46.9 Å². The van der Waals surface area contributed by atoms with Gasteiger partial charge in [-0.3, -0.25) is 4.79 Å².